The molecule has 0 radical (unpaired) electrons. The van der Waals surface area contributed by atoms with Gasteiger partial charge in [-0.05, 0) is 53.0 Å². The first kappa shape index (κ1) is 14.2. The molecule has 0 aliphatic heterocycles. The molecule has 4 nitrogen and oxygen atoms in total. The SMILES string of the molecule is CCC(C)n1ccc(CNCCCN(C)C)n1. The first-order chi connectivity index (χ1) is 8.13. The van der Waals surface area contributed by atoms with Crippen molar-refractivity contribution in [1.82, 2.24) is 20.0 Å². The Hall–Kier alpha value is -0.870. The van der Waals surface area contributed by atoms with Gasteiger partial charge in [-0.3, -0.25) is 4.68 Å². The fourth-order valence-corrected chi connectivity index (χ4v) is 1.64. The summed E-state index contributed by atoms with van der Waals surface area (Å²) in [5, 5.41) is 7.98. The van der Waals surface area contributed by atoms with E-state index in [1.54, 1.807) is 0 Å². The molecule has 0 amide bonds. The van der Waals surface area contributed by atoms with Crippen molar-refractivity contribution in [3.63, 3.8) is 0 Å². The van der Waals surface area contributed by atoms with Crippen LogP contribution >= 0.6 is 0 Å². The van der Waals surface area contributed by atoms with Gasteiger partial charge in [-0.25, -0.2) is 0 Å². The molecular formula is C13H26N4. The van der Waals surface area contributed by atoms with Crippen molar-refractivity contribution < 1.29 is 0 Å². The van der Waals surface area contributed by atoms with E-state index in [9.17, 15) is 0 Å². The lowest BCUT2D eigenvalue weighted by Crippen LogP contribution is -2.21. The summed E-state index contributed by atoms with van der Waals surface area (Å²) in [6, 6.07) is 2.60. The summed E-state index contributed by atoms with van der Waals surface area (Å²) in [6.45, 7) is 7.44. The lowest BCUT2D eigenvalue weighted by molar-refractivity contribution is 0.393. The molecule has 4 heteroatoms. The predicted molar refractivity (Wildman–Crippen MR) is 72.1 cm³/mol. The molecule has 1 N–H and O–H groups in total. The second kappa shape index (κ2) is 7.45. The second-order valence-corrected chi connectivity index (χ2v) is 4.88. The number of hydrogen-bond acceptors (Lipinski definition) is 3. The van der Waals surface area contributed by atoms with Gasteiger partial charge in [0.15, 0.2) is 0 Å². The van der Waals surface area contributed by atoms with Crippen molar-refractivity contribution in [3.05, 3.63) is 18.0 Å². The summed E-state index contributed by atoms with van der Waals surface area (Å²) in [5.74, 6) is 0. The first-order valence-electron chi connectivity index (χ1n) is 6.53. The zero-order chi connectivity index (χ0) is 12.7. The standard InChI is InChI=1S/C13H26N4/c1-5-12(2)17-10-7-13(15-17)11-14-8-6-9-16(3)4/h7,10,12,14H,5-6,8-9,11H2,1-4H3. The molecule has 0 aliphatic rings. The molecule has 1 aromatic heterocycles. The van der Waals surface area contributed by atoms with Crippen LogP contribution < -0.4 is 5.32 Å². The van der Waals surface area contributed by atoms with Crippen LogP contribution in [0.5, 0.6) is 0 Å². The predicted octanol–water partition coefficient (Wildman–Crippen LogP) is 1.90. The summed E-state index contributed by atoms with van der Waals surface area (Å²) >= 11 is 0. The molecule has 0 saturated carbocycles. The molecule has 98 valence electrons. The van der Waals surface area contributed by atoms with E-state index >= 15 is 0 Å². The molecule has 0 saturated heterocycles. The average Bonchev–Trinajstić information content (AvgIpc) is 2.76. The Labute approximate surface area is 105 Å². The summed E-state index contributed by atoms with van der Waals surface area (Å²) in [7, 11) is 4.21. The van der Waals surface area contributed by atoms with Crippen LogP contribution in [-0.4, -0.2) is 41.9 Å². The summed E-state index contributed by atoms with van der Waals surface area (Å²) in [5.41, 5.74) is 1.13. The van der Waals surface area contributed by atoms with Crippen molar-refractivity contribution in [2.45, 2.75) is 39.3 Å². The Morgan fingerprint density at radius 3 is 2.88 bits per heavy atom. The van der Waals surface area contributed by atoms with Crippen LogP contribution in [0, 0.1) is 0 Å². The summed E-state index contributed by atoms with van der Waals surface area (Å²) in [6.07, 6.45) is 4.38. The molecule has 1 rings (SSSR count). The molecule has 0 aliphatic carbocycles. The Balaban J connectivity index is 2.21. The van der Waals surface area contributed by atoms with E-state index in [-0.39, 0.29) is 0 Å². The van der Waals surface area contributed by atoms with Gasteiger partial charge in [-0.1, -0.05) is 6.92 Å². The maximum Gasteiger partial charge on any atom is 0.0762 e. The number of nitrogens with zero attached hydrogens (tertiary/aromatic N) is 3. The molecule has 0 bridgehead atoms. The lowest BCUT2D eigenvalue weighted by atomic mass is 10.3. The Bertz CT molecular complexity index is 306. The first-order valence-corrected chi connectivity index (χ1v) is 6.53. The van der Waals surface area contributed by atoms with Crippen LogP contribution in [0.2, 0.25) is 0 Å². The highest BCUT2D eigenvalue weighted by Crippen LogP contribution is 2.08. The van der Waals surface area contributed by atoms with Gasteiger partial charge in [-0.15, -0.1) is 0 Å². The molecule has 0 aromatic carbocycles. The summed E-state index contributed by atoms with van der Waals surface area (Å²) < 4.78 is 2.05. The van der Waals surface area contributed by atoms with Crippen LogP contribution in [0.15, 0.2) is 12.3 Å². The monoisotopic (exact) mass is 238 g/mol. The number of rotatable bonds is 8. The van der Waals surface area contributed by atoms with Crippen LogP contribution in [0.1, 0.15) is 38.4 Å². The van der Waals surface area contributed by atoms with E-state index in [0.717, 1.165) is 31.7 Å². The molecule has 0 fully saturated rings. The Kier molecular flexibility index (Phi) is 6.22. The number of nitrogens with one attached hydrogen (secondary N) is 1. The van der Waals surface area contributed by atoms with Crippen molar-refractivity contribution in [2.75, 3.05) is 27.2 Å². The zero-order valence-electron chi connectivity index (χ0n) is 11.6. The molecule has 0 spiro atoms. The largest absolute Gasteiger partial charge is 0.311 e. The van der Waals surface area contributed by atoms with Crippen molar-refractivity contribution in [3.8, 4) is 0 Å². The van der Waals surface area contributed by atoms with Gasteiger partial charge in [0.05, 0.1) is 5.69 Å². The van der Waals surface area contributed by atoms with Crippen molar-refractivity contribution in [2.24, 2.45) is 0 Å². The zero-order valence-corrected chi connectivity index (χ0v) is 11.6. The van der Waals surface area contributed by atoms with Crippen molar-refractivity contribution in [1.29, 1.82) is 0 Å². The van der Waals surface area contributed by atoms with E-state index in [1.807, 2.05) is 0 Å². The van der Waals surface area contributed by atoms with Gasteiger partial charge in [0, 0.05) is 18.8 Å². The van der Waals surface area contributed by atoms with Gasteiger partial charge in [0.2, 0.25) is 0 Å². The molecule has 17 heavy (non-hydrogen) atoms. The summed E-state index contributed by atoms with van der Waals surface area (Å²) in [4.78, 5) is 2.21. The minimum absolute atomic E-state index is 0.498. The highest BCUT2D eigenvalue weighted by atomic mass is 15.3. The second-order valence-electron chi connectivity index (χ2n) is 4.88. The van der Waals surface area contributed by atoms with E-state index in [4.69, 9.17) is 0 Å². The number of aromatic nitrogens is 2. The van der Waals surface area contributed by atoms with Gasteiger partial charge in [0.25, 0.3) is 0 Å². The minimum atomic E-state index is 0.498. The molecule has 1 atom stereocenters. The third-order valence-corrected chi connectivity index (χ3v) is 2.97. The number of hydrogen-bond donors (Lipinski definition) is 1. The molecule has 1 aromatic rings. The smallest absolute Gasteiger partial charge is 0.0762 e. The quantitative estimate of drug-likeness (QED) is 0.702. The molecular weight excluding hydrogens is 212 g/mol. The third-order valence-electron chi connectivity index (χ3n) is 2.97. The van der Waals surface area contributed by atoms with E-state index in [1.165, 1.54) is 6.42 Å². The Morgan fingerprint density at radius 2 is 2.24 bits per heavy atom. The van der Waals surface area contributed by atoms with E-state index in [0.29, 0.717) is 6.04 Å². The van der Waals surface area contributed by atoms with Crippen LogP contribution in [0.25, 0.3) is 0 Å². The van der Waals surface area contributed by atoms with Gasteiger partial charge in [0.1, 0.15) is 0 Å². The van der Waals surface area contributed by atoms with Gasteiger partial charge in [-0.2, -0.15) is 5.10 Å². The highest BCUT2D eigenvalue weighted by Gasteiger charge is 2.03. The Morgan fingerprint density at radius 1 is 1.47 bits per heavy atom. The third kappa shape index (κ3) is 5.33. The topological polar surface area (TPSA) is 33.1 Å². The molecule has 1 unspecified atom stereocenters. The van der Waals surface area contributed by atoms with Crippen molar-refractivity contribution >= 4 is 0 Å². The molecule has 1 heterocycles. The van der Waals surface area contributed by atoms with Crippen LogP contribution in [0.3, 0.4) is 0 Å². The average molecular weight is 238 g/mol. The fourth-order valence-electron chi connectivity index (χ4n) is 1.64. The van der Waals surface area contributed by atoms with Crippen LogP contribution in [-0.2, 0) is 6.54 Å². The maximum atomic E-state index is 4.56. The van der Waals surface area contributed by atoms with E-state index < -0.39 is 0 Å². The minimum Gasteiger partial charge on any atom is -0.311 e. The lowest BCUT2D eigenvalue weighted by Gasteiger charge is -2.09. The van der Waals surface area contributed by atoms with Crippen LogP contribution in [0.4, 0.5) is 0 Å². The normalized spacial score (nSPS) is 13.2. The highest BCUT2D eigenvalue weighted by molar-refractivity contribution is 4.99. The fraction of sp³-hybridized carbons (Fsp3) is 0.769. The van der Waals surface area contributed by atoms with Gasteiger partial charge >= 0.3 is 0 Å². The van der Waals surface area contributed by atoms with E-state index in [2.05, 4.69) is 60.2 Å². The van der Waals surface area contributed by atoms with Gasteiger partial charge < -0.3 is 10.2 Å². The maximum absolute atomic E-state index is 4.56.